The maximum Gasteiger partial charge on any atom is 0.338 e. The third kappa shape index (κ3) is 6.39. The Hall–Kier alpha value is -3.48. The van der Waals surface area contributed by atoms with Crippen molar-refractivity contribution in [3.8, 4) is 0 Å². The van der Waals surface area contributed by atoms with Crippen LogP contribution in [-0.4, -0.2) is 39.2 Å². The van der Waals surface area contributed by atoms with E-state index in [9.17, 15) is 9.59 Å². The van der Waals surface area contributed by atoms with Crippen molar-refractivity contribution in [2.75, 3.05) is 43.7 Å². The van der Waals surface area contributed by atoms with Crippen LogP contribution < -0.4 is 16.4 Å². The number of hydrogen-bond acceptors (Lipinski definition) is 7. The molecular formula is C20H23N3O4. The average molecular weight is 369 g/mol. The number of carbonyl (C=O) groups excluding carboxylic acids is 2. The lowest BCUT2D eigenvalue weighted by molar-refractivity contribution is -0.138. The number of benzene rings is 2. The molecule has 0 aliphatic rings. The summed E-state index contributed by atoms with van der Waals surface area (Å²) in [5.74, 6) is -1.10. The molecule has 0 saturated heterocycles. The number of esters is 2. The minimum Gasteiger partial charge on any atom is -0.459 e. The van der Waals surface area contributed by atoms with Gasteiger partial charge in [-0.25, -0.2) is 9.59 Å². The third-order valence-electron chi connectivity index (χ3n) is 3.60. The number of rotatable bonds is 7. The molecule has 0 amide bonds. The summed E-state index contributed by atoms with van der Waals surface area (Å²) in [7, 11) is 3.91. The summed E-state index contributed by atoms with van der Waals surface area (Å²) in [6.45, 7) is -0.114. The fraction of sp³-hybridized carbons (Fsp3) is 0.200. The highest BCUT2D eigenvalue weighted by atomic mass is 16.6. The van der Waals surface area contributed by atoms with Crippen LogP contribution in [0.5, 0.6) is 0 Å². The molecule has 0 saturated carbocycles. The van der Waals surface area contributed by atoms with Crippen LogP contribution in [-0.2, 0) is 14.3 Å². The van der Waals surface area contributed by atoms with Crippen molar-refractivity contribution in [2.24, 2.45) is 0 Å². The quantitative estimate of drug-likeness (QED) is 0.334. The van der Waals surface area contributed by atoms with E-state index in [0.717, 1.165) is 11.3 Å². The molecule has 0 bridgehead atoms. The Labute approximate surface area is 158 Å². The van der Waals surface area contributed by atoms with Gasteiger partial charge in [-0.05, 0) is 42.0 Å². The molecule has 0 aromatic heterocycles. The van der Waals surface area contributed by atoms with Crippen LogP contribution in [0.15, 0.2) is 48.5 Å². The fourth-order valence-electron chi connectivity index (χ4n) is 2.25. The van der Waals surface area contributed by atoms with Gasteiger partial charge in [-0.15, -0.1) is 0 Å². The molecule has 0 heterocycles. The molecule has 7 nitrogen and oxygen atoms in total. The van der Waals surface area contributed by atoms with Crippen molar-refractivity contribution in [1.29, 1.82) is 0 Å². The van der Waals surface area contributed by atoms with E-state index in [1.165, 1.54) is 18.2 Å². The van der Waals surface area contributed by atoms with Gasteiger partial charge in [0.2, 0.25) is 0 Å². The van der Waals surface area contributed by atoms with Crippen molar-refractivity contribution in [3.63, 3.8) is 0 Å². The zero-order chi connectivity index (χ0) is 19.8. The summed E-state index contributed by atoms with van der Waals surface area (Å²) in [6, 6.07) is 12.2. The van der Waals surface area contributed by atoms with Gasteiger partial charge in [0.15, 0.2) is 0 Å². The third-order valence-corrected chi connectivity index (χ3v) is 3.60. The number of carbonyl (C=O) groups is 2. The van der Waals surface area contributed by atoms with Gasteiger partial charge in [0.25, 0.3) is 0 Å². The second-order valence-corrected chi connectivity index (χ2v) is 6.01. The molecule has 7 heteroatoms. The van der Waals surface area contributed by atoms with Crippen LogP contribution in [0.25, 0.3) is 6.08 Å². The molecule has 27 heavy (non-hydrogen) atoms. The van der Waals surface area contributed by atoms with E-state index in [1.807, 2.05) is 43.3 Å². The van der Waals surface area contributed by atoms with E-state index in [2.05, 4.69) is 0 Å². The Morgan fingerprint density at radius 2 is 1.56 bits per heavy atom. The first-order valence-corrected chi connectivity index (χ1v) is 8.30. The second kappa shape index (κ2) is 9.28. The number of nitrogen functional groups attached to an aromatic ring is 2. The maximum atomic E-state index is 11.9. The van der Waals surface area contributed by atoms with Crippen LogP contribution in [0.1, 0.15) is 15.9 Å². The number of nitrogens with two attached hydrogens (primary N) is 2. The molecule has 142 valence electrons. The van der Waals surface area contributed by atoms with Crippen LogP contribution >= 0.6 is 0 Å². The smallest absolute Gasteiger partial charge is 0.338 e. The first kappa shape index (κ1) is 19.8. The predicted molar refractivity (Wildman–Crippen MR) is 106 cm³/mol. The summed E-state index contributed by atoms with van der Waals surface area (Å²) in [6.07, 6.45) is 2.98. The van der Waals surface area contributed by atoms with Gasteiger partial charge >= 0.3 is 11.9 Å². The minimum absolute atomic E-state index is 0.0493. The standard InChI is InChI=1S/C20H23N3O4/c1-23(2)18-6-3-14(4-7-18)5-8-19(24)26-9-10-27-20(25)15-11-16(21)13-17(22)12-15/h3-8,11-13H,9-10,21-22H2,1-2H3/b8-5+. The largest absolute Gasteiger partial charge is 0.459 e. The molecule has 2 aromatic rings. The fourth-order valence-corrected chi connectivity index (χ4v) is 2.25. The second-order valence-electron chi connectivity index (χ2n) is 6.01. The molecule has 4 N–H and O–H groups in total. The molecule has 0 aliphatic carbocycles. The van der Waals surface area contributed by atoms with Gasteiger partial charge in [0.1, 0.15) is 13.2 Å². The van der Waals surface area contributed by atoms with Crippen LogP contribution in [0.2, 0.25) is 0 Å². The van der Waals surface area contributed by atoms with Crippen LogP contribution in [0.3, 0.4) is 0 Å². The van der Waals surface area contributed by atoms with Crippen molar-refractivity contribution in [3.05, 3.63) is 59.7 Å². The molecule has 0 spiro atoms. The van der Waals surface area contributed by atoms with E-state index >= 15 is 0 Å². The maximum absolute atomic E-state index is 11.9. The highest BCUT2D eigenvalue weighted by Gasteiger charge is 2.09. The van der Waals surface area contributed by atoms with Crippen molar-refractivity contribution in [2.45, 2.75) is 0 Å². The highest BCUT2D eigenvalue weighted by molar-refractivity contribution is 5.91. The minimum atomic E-state index is -0.582. The highest BCUT2D eigenvalue weighted by Crippen LogP contribution is 2.15. The van der Waals surface area contributed by atoms with E-state index in [4.69, 9.17) is 20.9 Å². The molecule has 0 aliphatic heterocycles. The monoisotopic (exact) mass is 369 g/mol. The van der Waals surface area contributed by atoms with E-state index in [0.29, 0.717) is 11.4 Å². The molecular weight excluding hydrogens is 346 g/mol. The number of hydrogen-bond donors (Lipinski definition) is 2. The van der Waals surface area contributed by atoms with Gasteiger partial charge in [-0.3, -0.25) is 0 Å². The molecule has 0 unspecified atom stereocenters. The first-order chi connectivity index (χ1) is 12.8. The number of anilines is 3. The summed E-state index contributed by atoms with van der Waals surface area (Å²) >= 11 is 0. The van der Waals surface area contributed by atoms with E-state index < -0.39 is 11.9 Å². The zero-order valence-electron chi connectivity index (χ0n) is 15.3. The van der Waals surface area contributed by atoms with Gasteiger partial charge < -0.3 is 25.8 Å². The predicted octanol–water partition coefficient (Wildman–Crippen LogP) is 2.33. The number of nitrogens with zero attached hydrogens (tertiary/aromatic N) is 1. The Balaban J connectivity index is 1.74. The van der Waals surface area contributed by atoms with Crippen LogP contribution in [0.4, 0.5) is 17.1 Å². The lowest BCUT2D eigenvalue weighted by Gasteiger charge is -2.11. The van der Waals surface area contributed by atoms with Gasteiger partial charge in [0.05, 0.1) is 5.56 Å². The lowest BCUT2D eigenvalue weighted by Crippen LogP contribution is -2.13. The molecule has 2 rings (SSSR count). The topological polar surface area (TPSA) is 108 Å². The van der Waals surface area contributed by atoms with E-state index in [1.54, 1.807) is 12.1 Å². The summed E-state index contributed by atoms with van der Waals surface area (Å²) in [4.78, 5) is 25.6. The molecule has 0 radical (unpaired) electrons. The normalized spacial score (nSPS) is 10.6. The Bertz CT molecular complexity index is 809. The van der Waals surface area contributed by atoms with Crippen LogP contribution in [0, 0.1) is 0 Å². The average Bonchev–Trinajstić information content (AvgIpc) is 2.63. The zero-order valence-corrected chi connectivity index (χ0v) is 15.3. The van der Waals surface area contributed by atoms with E-state index in [-0.39, 0.29) is 18.8 Å². The molecule has 0 fully saturated rings. The van der Waals surface area contributed by atoms with Gasteiger partial charge in [-0.1, -0.05) is 12.1 Å². The lowest BCUT2D eigenvalue weighted by atomic mass is 10.2. The first-order valence-electron chi connectivity index (χ1n) is 8.30. The van der Waals surface area contributed by atoms with Crippen molar-refractivity contribution < 1.29 is 19.1 Å². The Morgan fingerprint density at radius 3 is 2.15 bits per heavy atom. The summed E-state index contributed by atoms with van der Waals surface area (Å²) in [5, 5.41) is 0. The molecule has 0 atom stereocenters. The van der Waals surface area contributed by atoms with Gasteiger partial charge in [-0.2, -0.15) is 0 Å². The molecule has 2 aromatic carbocycles. The van der Waals surface area contributed by atoms with Crippen molar-refractivity contribution >= 4 is 35.1 Å². The van der Waals surface area contributed by atoms with Gasteiger partial charge in [0, 0.05) is 37.2 Å². The van der Waals surface area contributed by atoms with Crippen molar-refractivity contribution in [1.82, 2.24) is 0 Å². The SMILES string of the molecule is CN(C)c1ccc(/C=C/C(=O)OCCOC(=O)c2cc(N)cc(N)c2)cc1. The summed E-state index contributed by atoms with van der Waals surface area (Å²) in [5.41, 5.74) is 14.2. The Morgan fingerprint density at radius 1 is 0.963 bits per heavy atom. The number of ether oxygens (including phenoxy) is 2. The summed E-state index contributed by atoms with van der Waals surface area (Å²) < 4.78 is 10.0. The Kier molecular flexibility index (Phi) is 6.82.